The van der Waals surface area contributed by atoms with Crippen LogP contribution in [0.2, 0.25) is 0 Å². The second-order valence-corrected chi connectivity index (χ2v) is 17.6. The highest BCUT2D eigenvalue weighted by molar-refractivity contribution is 5.97. The van der Waals surface area contributed by atoms with Crippen LogP contribution in [0.5, 0.6) is 5.75 Å². The molecule has 7 amide bonds. The summed E-state index contributed by atoms with van der Waals surface area (Å²) in [4.78, 5) is 115. The zero-order chi connectivity index (χ0) is 52.3. The number of ether oxygens (including phenoxy) is 1. The van der Waals surface area contributed by atoms with E-state index in [0.717, 1.165) is 0 Å². The number of nitrogens with two attached hydrogens (primary N) is 3. The molecule has 3 aromatic rings. The van der Waals surface area contributed by atoms with E-state index in [9.17, 15) is 53.7 Å². The number of aliphatic hydroxyl groups is 2. The largest absolute Gasteiger partial charge is 0.497 e. The zero-order valence-electron chi connectivity index (χ0n) is 40.0. The summed E-state index contributed by atoms with van der Waals surface area (Å²) in [6, 6.07) is 14.8. The first kappa shape index (κ1) is 55.3. The van der Waals surface area contributed by atoms with Gasteiger partial charge in [0, 0.05) is 45.3 Å². The Morgan fingerprint density at radius 2 is 1.28 bits per heavy atom. The molecule has 1 unspecified atom stereocenters. The lowest BCUT2D eigenvalue weighted by Gasteiger charge is -2.32. The number of guanidine groups is 1. The van der Waals surface area contributed by atoms with Crippen LogP contribution in [0.3, 0.4) is 0 Å². The average Bonchev–Trinajstić information content (AvgIpc) is 4.03. The Labute approximate surface area is 416 Å². The minimum absolute atomic E-state index is 0.0906. The number of methoxy groups -OCH3 is 1. The van der Waals surface area contributed by atoms with Crippen LogP contribution in [0.25, 0.3) is 0 Å². The van der Waals surface area contributed by atoms with Crippen molar-refractivity contribution in [1.82, 2.24) is 36.4 Å². The normalized spacial score (nSPS) is 18.3. The number of hydrogen-bond acceptors (Lipinski definition) is 13. The number of nitrogens with one attached hydrogen (secondary N) is 5. The van der Waals surface area contributed by atoms with Crippen molar-refractivity contribution in [3.63, 3.8) is 0 Å². The van der Waals surface area contributed by atoms with Crippen LogP contribution in [0, 0.1) is 0 Å². The van der Waals surface area contributed by atoms with Gasteiger partial charge in [-0.05, 0) is 54.5 Å². The molecule has 388 valence electrons. The SMILES string of the molecule is COc1ccc(C[C@H](NC(=O)[C@H](Cc2ccccc2)NC(=O)[C@H](CO)NC(=O)[C@H](Cc2ccccc2)NC(=O)CNC(=O)[C@@H]2CC(O)CN2C(=O)[C@@H]2CCCN2C(=O)[C@@H](N)CCCN=C(N)N)C(=O)O)cc1. The van der Waals surface area contributed by atoms with Gasteiger partial charge in [0.1, 0.15) is 42.0 Å². The van der Waals surface area contributed by atoms with Crippen LogP contribution in [0.15, 0.2) is 89.9 Å². The van der Waals surface area contributed by atoms with E-state index < -0.39 is 109 Å². The van der Waals surface area contributed by atoms with E-state index in [1.54, 1.807) is 84.9 Å². The molecule has 2 saturated heterocycles. The zero-order valence-corrected chi connectivity index (χ0v) is 40.0. The number of aliphatic hydroxyl groups excluding tert-OH is 2. The van der Waals surface area contributed by atoms with Gasteiger partial charge < -0.3 is 73.6 Å². The number of likely N-dealkylation sites (tertiary alicyclic amines) is 2. The third-order valence-corrected chi connectivity index (χ3v) is 12.3. The van der Waals surface area contributed by atoms with Crippen LogP contribution < -0.4 is 48.5 Å². The summed E-state index contributed by atoms with van der Waals surface area (Å²) in [5.41, 5.74) is 18.7. The maximum atomic E-state index is 14.0. The molecule has 3 aromatic carbocycles. The van der Waals surface area contributed by atoms with E-state index in [4.69, 9.17) is 21.9 Å². The highest BCUT2D eigenvalue weighted by Gasteiger charge is 2.45. The molecule has 0 radical (unpaired) electrons. The summed E-state index contributed by atoms with van der Waals surface area (Å²) in [6.07, 6.45) is -0.0334. The fourth-order valence-corrected chi connectivity index (χ4v) is 8.50. The first-order chi connectivity index (χ1) is 34.5. The minimum Gasteiger partial charge on any atom is -0.497 e. The predicted octanol–water partition coefficient (Wildman–Crippen LogP) is -2.81. The monoisotopic (exact) mass is 999 g/mol. The molecule has 5 rings (SSSR count). The van der Waals surface area contributed by atoms with Crippen LogP contribution >= 0.6 is 0 Å². The standard InChI is InChI=1S/C49H65N11O12/c1-72-33-18-16-31(17-19-33)24-37(48(70)71)57-43(65)36(23-30-12-6-3-7-13-30)56-44(66)38(28-61)58-42(64)35(22-29-10-4-2-5-11-29)55-41(63)26-54-45(67)40-25-32(62)27-60(40)47(69)39-15-9-21-59(39)46(68)34(50)14-8-20-53-49(51)52/h2-7,10-13,16-19,32,34-40,61-62H,8-9,14-15,20-28,50H2,1H3,(H,54,67)(H,55,63)(H,56,66)(H,57,65)(H,58,64)(H,70,71)(H4,51,52,53)/t32?,34-,35-,36-,37-,38-,39-,40-/m0/s1. The molecular weight excluding hydrogens is 935 g/mol. The summed E-state index contributed by atoms with van der Waals surface area (Å²) >= 11 is 0. The Bertz CT molecular complexity index is 2370. The van der Waals surface area contributed by atoms with Gasteiger partial charge in [0.25, 0.3) is 0 Å². The van der Waals surface area contributed by atoms with Crippen molar-refractivity contribution in [2.75, 3.05) is 39.9 Å². The van der Waals surface area contributed by atoms with E-state index in [1.807, 2.05) is 0 Å². The average molecular weight is 1000 g/mol. The first-order valence-electron chi connectivity index (χ1n) is 23.6. The van der Waals surface area contributed by atoms with Crippen LogP contribution in [-0.4, -0.2) is 167 Å². The lowest BCUT2D eigenvalue weighted by molar-refractivity contribution is -0.147. The fourth-order valence-electron chi connectivity index (χ4n) is 8.50. The molecule has 0 bridgehead atoms. The van der Waals surface area contributed by atoms with E-state index in [0.29, 0.717) is 41.7 Å². The number of carboxylic acids is 1. The summed E-state index contributed by atoms with van der Waals surface area (Å²) in [7, 11) is 1.49. The summed E-state index contributed by atoms with van der Waals surface area (Å²) < 4.78 is 5.17. The predicted molar refractivity (Wildman–Crippen MR) is 261 cm³/mol. The number of carbonyl (C=O) groups is 8. The first-order valence-corrected chi connectivity index (χ1v) is 23.6. The minimum atomic E-state index is -1.66. The van der Waals surface area contributed by atoms with E-state index >= 15 is 0 Å². The summed E-state index contributed by atoms with van der Waals surface area (Å²) in [6.45, 7) is -1.29. The maximum Gasteiger partial charge on any atom is 0.326 e. The lowest BCUT2D eigenvalue weighted by atomic mass is 10.0. The molecule has 0 spiro atoms. The number of aliphatic imine (C=N–C) groups is 1. The molecule has 2 aliphatic heterocycles. The third-order valence-electron chi connectivity index (χ3n) is 12.3. The second-order valence-electron chi connectivity index (χ2n) is 17.6. The van der Waals surface area contributed by atoms with Crippen molar-refractivity contribution in [3.05, 3.63) is 102 Å². The molecule has 14 N–H and O–H groups in total. The van der Waals surface area contributed by atoms with Crippen molar-refractivity contribution in [1.29, 1.82) is 0 Å². The quantitative estimate of drug-likeness (QED) is 0.0232. The number of amides is 7. The Hall–Kier alpha value is -7.63. The number of nitrogens with zero attached hydrogens (tertiary/aromatic N) is 3. The van der Waals surface area contributed by atoms with E-state index in [-0.39, 0.29) is 57.7 Å². The summed E-state index contributed by atoms with van der Waals surface area (Å²) in [5, 5.41) is 43.5. The molecule has 0 aromatic heterocycles. The fraction of sp³-hybridized carbons (Fsp3) is 0.449. The molecule has 2 aliphatic rings. The third kappa shape index (κ3) is 16.2. The van der Waals surface area contributed by atoms with Gasteiger partial charge in [-0.3, -0.25) is 38.6 Å². The Morgan fingerprint density at radius 3 is 1.85 bits per heavy atom. The van der Waals surface area contributed by atoms with Gasteiger partial charge in [0.15, 0.2) is 5.96 Å². The smallest absolute Gasteiger partial charge is 0.326 e. The van der Waals surface area contributed by atoms with Crippen molar-refractivity contribution in [2.45, 2.75) is 99.8 Å². The van der Waals surface area contributed by atoms with Gasteiger partial charge >= 0.3 is 5.97 Å². The maximum absolute atomic E-state index is 14.0. The Kier molecular flexibility index (Phi) is 20.8. The highest BCUT2D eigenvalue weighted by atomic mass is 16.5. The highest BCUT2D eigenvalue weighted by Crippen LogP contribution is 2.26. The van der Waals surface area contributed by atoms with Gasteiger partial charge in [-0.15, -0.1) is 0 Å². The second kappa shape index (κ2) is 27.1. The molecule has 0 saturated carbocycles. The number of rotatable bonds is 25. The molecule has 72 heavy (non-hydrogen) atoms. The molecule has 8 atom stereocenters. The number of aliphatic carboxylic acids is 1. The molecule has 23 heteroatoms. The number of hydrogen-bond donors (Lipinski definition) is 11. The Balaban J connectivity index is 1.23. The van der Waals surface area contributed by atoms with Gasteiger partial charge in [-0.1, -0.05) is 72.8 Å². The van der Waals surface area contributed by atoms with Crippen LogP contribution in [0.1, 0.15) is 48.8 Å². The van der Waals surface area contributed by atoms with Gasteiger partial charge in [-0.2, -0.15) is 0 Å². The van der Waals surface area contributed by atoms with E-state index in [1.165, 1.54) is 16.9 Å². The lowest BCUT2D eigenvalue weighted by Crippen LogP contribution is -2.60. The molecule has 0 aliphatic carbocycles. The molecule has 2 heterocycles. The van der Waals surface area contributed by atoms with Gasteiger partial charge in [0.05, 0.1) is 32.4 Å². The molecule has 2 fully saturated rings. The number of β-amino-alcohol motifs (C(OH)–C–C–N with tert-alkyl or cyclic N) is 1. The Morgan fingerprint density at radius 1 is 0.736 bits per heavy atom. The number of carboxylic acid groups (broad SMARTS) is 1. The van der Waals surface area contributed by atoms with Gasteiger partial charge in [-0.25, -0.2) is 4.79 Å². The number of carbonyl (C=O) groups excluding carboxylic acids is 7. The summed E-state index contributed by atoms with van der Waals surface area (Å²) in [5.74, 6) is -6.25. The van der Waals surface area contributed by atoms with Crippen LogP contribution in [0.4, 0.5) is 0 Å². The van der Waals surface area contributed by atoms with Crippen molar-refractivity contribution >= 4 is 53.3 Å². The van der Waals surface area contributed by atoms with Crippen molar-refractivity contribution < 1.29 is 58.4 Å². The van der Waals surface area contributed by atoms with Crippen molar-refractivity contribution in [2.24, 2.45) is 22.2 Å². The van der Waals surface area contributed by atoms with Gasteiger partial charge in [0.2, 0.25) is 41.4 Å². The molecule has 23 nitrogen and oxygen atoms in total. The van der Waals surface area contributed by atoms with Crippen LogP contribution in [-0.2, 0) is 57.6 Å². The van der Waals surface area contributed by atoms with E-state index in [2.05, 4.69) is 31.6 Å². The topological polar surface area (TPSA) is 364 Å². The van der Waals surface area contributed by atoms with Crippen molar-refractivity contribution in [3.8, 4) is 5.75 Å². The number of benzene rings is 3. The molecular formula is C49H65N11O12.